The number of aliphatic carboxylic acids is 1. The number of aryl methyl sites for hydroxylation is 1. The number of ether oxygens (including phenoxy) is 3. The van der Waals surface area contributed by atoms with Crippen LogP contribution in [-0.2, 0) is 4.79 Å². The lowest BCUT2D eigenvalue weighted by Crippen LogP contribution is -2.22. The summed E-state index contributed by atoms with van der Waals surface area (Å²) in [7, 11) is 0. The highest BCUT2D eigenvalue weighted by Gasteiger charge is 2.17. The number of fused-ring (bicyclic) bond motifs is 2. The molecule has 8 heteroatoms. The van der Waals surface area contributed by atoms with E-state index in [4.69, 9.17) is 19.3 Å². The summed E-state index contributed by atoms with van der Waals surface area (Å²) in [5, 5.41) is 9.05. The molecule has 0 radical (unpaired) electrons. The maximum atomic E-state index is 13.0. The molecule has 132 valence electrons. The Kier molecular flexibility index (Phi) is 3.72. The average Bonchev–Trinajstić information content (AvgIpc) is 3.08. The van der Waals surface area contributed by atoms with Crippen molar-refractivity contribution in [2.75, 3.05) is 13.4 Å². The maximum Gasteiger partial charge on any atom is 0.341 e. The third kappa shape index (κ3) is 2.71. The van der Waals surface area contributed by atoms with E-state index >= 15 is 0 Å². The van der Waals surface area contributed by atoms with Gasteiger partial charge in [0, 0.05) is 6.07 Å². The van der Waals surface area contributed by atoms with Crippen molar-refractivity contribution in [3.63, 3.8) is 0 Å². The van der Waals surface area contributed by atoms with Crippen molar-refractivity contribution in [3.8, 4) is 22.9 Å². The minimum Gasteiger partial charge on any atom is -0.482 e. The normalized spacial score (nSPS) is 12.3. The van der Waals surface area contributed by atoms with Gasteiger partial charge >= 0.3 is 5.97 Å². The molecule has 0 spiro atoms. The van der Waals surface area contributed by atoms with Crippen LogP contribution in [0.4, 0.5) is 0 Å². The highest BCUT2D eigenvalue weighted by molar-refractivity contribution is 5.80. The molecule has 8 nitrogen and oxygen atoms in total. The van der Waals surface area contributed by atoms with Gasteiger partial charge < -0.3 is 19.3 Å². The standard InChI is InChI=1S/C18H14N2O6/c1-10-19-14-4-3-12(24-8-17(21)22)7-13(14)18(23)20(10)11-2-5-15-16(6-11)26-9-25-15/h2-7H,8-9H2,1H3,(H,21,22). The lowest BCUT2D eigenvalue weighted by Gasteiger charge is -2.12. The summed E-state index contributed by atoms with van der Waals surface area (Å²) in [6.45, 7) is 1.40. The van der Waals surface area contributed by atoms with Gasteiger partial charge in [-0.1, -0.05) is 0 Å². The molecule has 0 fully saturated rings. The highest BCUT2D eigenvalue weighted by Crippen LogP contribution is 2.33. The molecule has 1 N–H and O–H groups in total. The topological polar surface area (TPSA) is 99.9 Å². The van der Waals surface area contributed by atoms with Crippen molar-refractivity contribution >= 4 is 16.9 Å². The van der Waals surface area contributed by atoms with Crippen LogP contribution in [0.1, 0.15) is 5.82 Å². The van der Waals surface area contributed by atoms with Crippen molar-refractivity contribution in [1.82, 2.24) is 9.55 Å². The Morgan fingerprint density at radius 2 is 2.04 bits per heavy atom. The molecule has 3 aromatic rings. The lowest BCUT2D eigenvalue weighted by atomic mass is 10.2. The molecule has 0 amide bonds. The van der Waals surface area contributed by atoms with E-state index in [9.17, 15) is 9.59 Å². The van der Waals surface area contributed by atoms with Crippen LogP contribution in [0.2, 0.25) is 0 Å². The first-order chi connectivity index (χ1) is 12.5. The van der Waals surface area contributed by atoms with Gasteiger partial charge in [0.05, 0.1) is 16.6 Å². The largest absolute Gasteiger partial charge is 0.482 e. The van der Waals surface area contributed by atoms with Gasteiger partial charge in [-0.25, -0.2) is 9.78 Å². The van der Waals surface area contributed by atoms with E-state index in [0.717, 1.165) is 0 Å². The maximum absolute atomic E-state index is 13.0. The van der Waals surface area contributed by atoms with E-state index < -0.39 is 12.6 Å². The molecule has 0 saturated heterocycles. The Morgan fingerprint density at radius 3 is 2.85 bits per heavy atom. The second kappa shape index (κ2) is 6.07. The van der Waals surface area contributed by atoms with Crippen molar-refractivity contribution in [1.29, 1.82) is 0 Å². The summed E-state index contributed by atoms with van der Waals surface area (Å²) in [6, 6.07) is 9.92. The molecule has 1 aromatic heterocycles. The summed E-state index contributed by atoms with van der Waals surface area (Å²) >= 11 is 0. The first kappa shape index (κ1) is 15.9. The van der Waals surface area contributed by atoms with Gasteiger partial charge in [0.1, 0.15) is 11.6 Å². The first-order valence-corrected chi connectivity index (χ1v) is 7.81. The van der Waals surface area contributed by atoms with E-state index in [1.165, 1.54) is 10.6 Å². The highest BCUT2D eigenvalue weighted by atomic mass is 16.7. The zero-order chi connectivity index (χ0) is 18.3. The predicted molar refractivity (Wildman–Crippen MR) is 91.3 cm³/mol. The van der Waals surface area contributed by atoms with Crippen LogP contribution in [0.25, 0.3) is 16.6 Å². The smallest absolute Gasteiger partial charge is 0.341 e. The Labute approximate surface area is 147 Å². The first-order valence-electron chi connectivity index (χ1n) is 7.81. The van der Waals surface area contributed by atoms with Crippen molar-refractivity contribution < 1.29 is 24.1 Å². The third-order valence-corrected chi connectivity index (χ3v) is 3.98. The molecular formula is C18H14N2O6. The van der Waals surface area contributed by atoms with Gasteiger partial charge in [-0.05, 0) is 37.3 Å². The van der Waals surface area contributed by atoms with Gasteiger partial charge in [0.15, 0.2) is 18.1 Å². The molecule has 0 atom stereocenters. The summed E-state index contributed by atoms with van der Waals surface area (Å²) in [4.78, 5) is 28.1. The number of hydrogen-bond donors (Lipinski definition) is 1. The molecule has 4 rings (SSSR count). The summed E-state index contributed by atoms with van der Waals surface area (Å²) < 4.78 is 17.3. The third-order valence-electron chi connectivity index (χ3n) is 3.98. The zero-order valence-electron chi connectivity index (χ0n) is 13.8. The zero-order valence-corrected chi connectivity index (χ0v) is 13.8. The van der Waals surface area contributed by atoms with Crippen LogP contribution in [-0.4, -0.2) is 34.0 Å². The Balaban J connectivity index is 1.84. The van der Waals surface area contributed by atoms with E-state index in [1.54, 1.807) is 37.3 Å². The fraction of sp³-hybridized carbons (Fsp3) is 0.167. The summed E-state index contributed by atoms with van der Waals surface area (Å²) in [5.41, 5.74) is 0.822. The fourth-order valence-electron chi connectivity index (χ4n) is 2.84. The van der Waals surface area contributed by atoms with E-state index in [0.29, 0.717) is 39.7 Å². The summed E-state index contributed by atoms with van der Waals surface area (Å²) in [5.74, 6) is 0.898. The predicted octanol–water partition coefficient (Wildman–Crippen LogP) is 1.89. The van der Waals surface area contributed by atoms with Gasteiger partial charge in [-0.15, -0.1) is 0 Å². The molecule has 2 aromatic carbocycles. The Bertz CT molecular complexity index is 1090. The van der Waals surface area contributed by atoms with Crippen molar-refractivity contribution in [3.05, 3.63) is 52.6 Å². The second-order valence-corrected chi connectivity index (χ2v) is 5.70. The Morgan fingerprint density at radius 1 is 1.23 bits per heavy atom. The van der Waals surface area contributed by atoms with Gasteiger partial charge in [-0.2, -0.15) is 0 Å². The number of hydrogen-bond acceptors (Lipinski definition) is 6. The van der Waals surface area contributed by atoms with Gasteiger partial charge in [-0.3, -0.25) is 9.36 Å². The molecule has 0 bridgehead atoms. The van der Waals surface area contributed by atoms with Crippen LogP contribution in [0.3, 0.4) is 0 Å². The van der Waals surface area contributed by atoms with Crippen LogP contribution in [0.15, 0.2) is 41.2 Å². The van der Waals surface area contributed by atoms with Crippen LogP contribution in [0.5, 0.6) is 17.2 Å². The number of nitrogens with zero attached hydrogens (tertiary/aromatic N) is 2. The van der Waals surface area contributed by atoms with E-state index in [2.05, 4.69) is 4.98 Å². The minimum atomic E-state index is -1.09. The van der Waals surface area contributed by atoms with Crippen LogP contribution >= 0.6 is 0 Å². The Hall–Kier alpha value is -3.55. The fourth-order valence-corrected chi connectivity index (χ4v) is 2.84. The number of carboxylic acid groups (broad SMARTS) is 1. The van der Waals surface area contributed by atoms with Crippen LogP contribution in [0, 0.1) is 6.92 Å². The second-order valence-electron chi connectivity index (χ2n) is 5.70. The van der Waals surface area contributed by atoms with Crippen LogP contribution < -0.4 is 19.8 Å². The minimum absolute atomic E-state index is 0.146. The van der Waals surface area contributed by atoms with Gasteiger partial charge in [0.2, 0.25) is 6.79 Å². The van der Waals surface area contributed by atoms with Gasteiger partial charge in [0.25, 0.3) is 5.56 Å². The molecule has 26 heavy (non-hydrogen) atoms. The molecule has 0 saturated carbocycles. The molecular weight excluding hydrogens is 340 g/mol. The number of rotatable bonds is 4. The summed E-state index contributed by atoms with van der Waals surface area (Å²) in [6.07, 6.45) is 0. The number of benzene rings is 2. The monoisotopic (exact) mass is 354 g/mol. The molecule has 0 unspecified atom stereocenters. The molecule has 0 aliphatic carbocycles. The van der Waals surface area contributed by atoms with E-state index in [-0.39, 0.29) is 12.4 Å². The average molecular weight is 354 g/mol. The lowest BCUT2D eigenvalue weighted by molar-refractivity contribution is -0.139. The number of carbonyl (C=O) groups is 1. The quantitative estimate of drug-likeness (QED) is 0.763. The SMILES string of the molecule is Cc1nc2ccc(OCC(=O)O)cc2c(=O)n1-c1ccc2c(c1)OCO2. The van der Waals surface area contributed by atoms with Crippen molar-refractivity contribution in [2.24, 2.45) is 0 Å². The van der Waals surface area contributed by atoms with Crippen molar-refractivity contribution in [2.45, 2.75) is 6.92 Å². The molecule has 1 aliphatic heterocycles. The number of aromatic nitrogens is 2. The molecule has 1 aliphatic rings. The van der Waals surface area contributed by atoms with E-state index in [1.807, 2.05) is 0 Å². The number of carboxylic acids is 1. The molecule has 2 heterocycles.